The Morgan fingerprint density at radius 3 is 2.10 bits per heavy atom. The van der Waals surface area contributed by atoms with E-state index in [9.17, 15) is 0 Å². The highest BCUT2D eigenvalue weighted by Gasteiger charge is 2.12. The molecule has 0 amide bonds. The molecule has 0 aromatic heterocycles. The van der Waals surface area contributed by atoms with E-state index in [4.69, 9.17) is 4.74 Å². The van der Waals surface area contributed by atoms with Crippen LogP contribution in [0.1, 0.15) is 31.9 Å². The monoisotopic (exact) mass is 270 g/mol. The van der Waals surface area contributed by atoms with Gasteiger partial charge in [-0.25, -0.2) is 0 Å². The molecule has 0 aliphatic carbocycles. The fourth-order valence-electron chi connectivity index (χ4n) is 1.89. The molecule has 0 heterocycles. The number of rotatable bonds is 5. The first-order chi connectivity index (χ1) is 9.53. The van der Waals surface area contributed by atoms with Gasteiger partial charge in [0.2, 0.25) is 0 Å². The summed E-state index contributed by atoms with van der Waals surface area (Å²) in [6.07, 6.45) is 0. The molecule has 0 radical (unpaired) electrons. The van der Waals surface area contributed by atoms with Gasteiger partial charge in [-0.05, 0) is 50.6 Å². The zero-order valence-corrected chi connectivity index (χ0v) is 12.6. The van der Waals surface area contributed by atoms with E-state index in [0.29, 0.717) is 6.61 Å². The lowest BCUT2D eigenvalue weighted by Crippen LogP contribution is -2.92. The third-order valence-electron chi connectivity index (χ3n) is 3.12. The summed E-state index contributed by atoms with van der Waals surface area (Å²) in [4.78, 5) is 0. The predicted octanol–water partition coefficient (Wildman–Crippen LogP) is 3.13. The van der Waals surface area contributed by atoms with E-state index in [1.165, 1.54) is 11.1 Å². The maximum Gasteiger partial charge on any atom is 0.119 e. The Labute approximate surface area is 121 Å². The number of quaternary nitrogens is 1. The van der Waals surface area contributed by atoms with Crippen molar-refractivity contribution in [1.82, 2.24) is 0 Å². The van der Waals surface area contributed by atoms with Crippen molar-refractivity contribution in [2.75, 3.05) is 0 Å². The Balaban J connectivity index is 1.85. The third kappa shape index (κ3) is 5.06. The number of benzene rings is 2. The van der Waals surface area contributed by atoms with Gasteiger partial charge in [0.15, 0.2) is 0 Å². The lowest BCUT2D eigenvalue weighted by molar-refractivity contribution is -0.731. The number of hydrogen-bond acceptors (Lipinski definition) is 1. The van der Waals surface area contributed by atoms with Gasteiger partial charge in [0.1, 0.15) is 18.9 Å². The van der Waals surface area contributed by atoms with Crippen molar-refractivity contribution in [2.45, 2.75) is 39.5 Å². The third-order valence-corrected chi connectivity index (χ3v) is 3.12. The van der Waals surface area contributed by atoms with Crippen molar-refractivity contribution in [3.63, 3.8) is 0 Å². The minimum absolute atomic E-state index is 0.266. The van der Waals surface area contributed by atoms with Crippen molar-refractivity contribution in [2.24, 2.45) is 0 Å². The molecule has 106 valence electrons. The van der Waals surface area contributed by atoms with Gasteiger partial charge >= 0.3 is 0 Å². The molecule has 0 fully saturated rings. The Morgan fingerprint density at radius 1 is 0.850 bits per heavy atom. The molecule has 20 heavy (non-hydrogen) atoms. The molecule has 2 aromatic carbocycles. The van der Waals surface area contributed by atoms with Crippen molar-refractivity contribution in [3.8, 4) is 5.75 Å². The maximum atomic E-state index is 5.78. The van der Waals surface area contributed by atoms with Crippen LogP contribution in [0.4, 0.5) is 0 Å². The average Bonchev–Trinajstić information content (AvgIpc) is 2.44. The predicted molar refractivity (Wildman–Crippen MR) is 82.6 cm³/mol. The lowest BCUT2D eigenvalue weighted by atomic mass is 10.1. The summed E-state index contributed by atoms with van der Waals surface area (Å²) in [6, 6.07) is 18.6. The summed E-state index contributed by atoms with van der Waals surface area (Å²) in [7, 11) is 0. The molecule has 0 unspecified atom stereocenters. The SMILES string of the molecule is CC(C)(C)[NH2+]Cc1ccc(OCc2ccccc2)cc1. The van der Waals surface area contributed by atoms with Gasteiger partial charge in [-0.3, -0.25) is 0 Å². The van der Waals surface area contributed by atoms with E-state index in [2.05, 4.69) is 62.5 Å². The average molecular weight is 270 g/mol. The van der Waals surface area contributed by atoms with E-state index < -0.39 is 0 Å². The number of hydrogen-bond donors (Lipinski definition) is 1. The van der Waals surface area contributed by atoms with Crippen LogP contribution >= 0.6 is 0 Å². The first-order valence-electron chi connectivity index (χ1n) is 7.13. The molecule has 2 N–H and O–H groups in total. The molecule has 0 bridgehead atoms. The molecule has 2 rings (SSSR count). The molecular weight excluding hydrogens is 246 g/mol. The van der Waals surface area contributed by atoms with E-state index in [1.54, 1.807) is 0 Å². The molecule has 0 aliphatic rings. The van der Waals surface area contributed by atoms with Crippen LogP contribution in [-0.4, -0.2) is 5.54 Å². The number of nitrogens with two attached hydrogens (primary N) is 1. The van der Waals surface area contributed by atoms with Crippen molar-refractivity contribution < 1.29 is 10.1 Å². The van der Waals surface area contributed by atoms with Crippen molar-refractivity contribution in [3.05, 3.63) is 65.7 Å². The minimum Gasteiger partial charge on any atom is -0.489 e. The highest BCUT2D eigenvalue weighted by molar-refractivity contribution is 5.27. The second kappa shape index (κ2) is 6.58. The van der Waals surface area contributed by atoms with Crippen LogP contribution in [0.3, 0.4) is 0 Å². The maximum absolute atomic E-state index is 5.78. The zero-order valence-electron chi connectivity index (χ0n) is 12.6. The van der Waals surface area contributed by atoms with E-state index in [0.717, 1.165) is 12.3 Å². The molecule has 2 nitrogen and oxygen atoms in total. The normalized spacial score (nSPS) is 11.3. The standard InChI is InChI=1S/C18H23NO/c1-18(2,3)19-13-15-9-11-17(12-10-15)20-14-16-7-5-4-6-8-16/h4-12,19H,13-14H2,1-3H3/p+1. The first-order valence-corrected chi connectivity index (χ1v) is 7.13. The Bertz CT molecular complexity index is 511. The van der Waals surface area contributed by atoms with Crippen LogP contribution in [0.2, 0.25) is 0 Å². The van der Waals surface area contributed by atoms with Crippen LogP contribution in [0.25, 0.3) is 0 Å². The minimum atomic E-state index is 0.266. The Kier molecular flexibility index (Phi) is 4.80. The topological polar surface area (TPSA) is 25.8 Å². The molecular formula is C18H24NO+. The highest BCUT2D eigenvalue weighted by atomic mass is 16.5. The molecule has 0 atom stereocenters. The van der Waals surface area contributed by atoms with Crippen LogP contribution in [0.15, 0.2) is 54.6 Å². The van der Waals surface area contributed by atoms with E-state index in [1.807, 2.05) is 18.2 Å². The quantitative estimate of drug-likeness (QED) is 0.887. The largest absolute Gasteiger partial charge is 0.489 e. The Hall–Kier alpha value is -1.80. The van der Waals surface area contributed by atoms with Crippen LogP contribution < -0.4 is 10.1 Å². The van der Waals surface area contributed by atoms with Gasteiger partial charge in [0.05, 0.1) is 5.54 Å². The molecule has 0 aliphatic heterocycles. The van der Waals surface area contributed by atoms with Gasteiger partial charge in [-0.15, -0.1) is 0 Å². The zero-order chi connectivity index (χ0) is 14.4. The fourth-order valence-corrected chi connectivity index (χ4v) is 1.89. The fraction of sp³-hybridized carbons (Fsp3) is 0.333. The van der Waals surface area contributed by atoms with Gasteiger partial charge < -0.3 is 10.1 Å². The van der Waals surface area contributed by atoms with E-state index in [-0.39, 0.29) is 5.54 Å². The molecule has 2 aromatic rings. The van der Waals surface area contributed by atoms with Crippen LogP contribution in [-0.2, 0) is 13.2 Å². The smallest absolute Gasteiger partial charge is 0.119 e. The molecule has 0 spiro atoms. The summed E-state index contributed by atoms with van der Waals surface area (Å²) < 4.78 is 5.78. The second-order valence-corrected chi connectivity index (χ2v) is 6.19. The first kappa shape index (κ1) is 14.6. The lowest BCUT2D eigenvalue weighted by Gasteiger charge is -2.16. The Morgan fingerprint density at radius 2 is 1.50 bits per heavy atom. The summed E-state index contributed by atoms with van der Waals surface area (Å²) in [6.45, 7) is 8.30. The second-order valence-electron chi connectivity index (χ2n) is 6.19. The summed E-state index contributed by atoms with van der Waals surface area (Å²) in [5.74, 6) is 0.924. The summed E-state index contributed by atoms with van der Waals surface area (Å²) in [5, 5.41) is 2.34. The van der Waals surface area contributed by atoms with Crippen molar-refractivity contribution >= 4 is 0 Å². The van der Waals surface area contributed by atoms with Gasteiger partial charge in [-0.1, -0.05) is 30.3 Å². The summed E-state index contributed by atoms with van der Waals surface area (Å²) in [5.41, 5.74) is 2.78. The molecule has 2 heteroatoms. The van der Waals surface area contributed by atoms with Crippen LogP contribution in [0, 0.1) is 0 Å². The molecule has 0 saturated heterocycles. The van der Waals surface area contributed by atoms with Gasteiger partial charge in [-0.2, -0.15) is 0 Å². The van der Waals surface area contributed by atoms with Crippen LogP contribution in [0.5, 0.6) is 5.75 Å². The summed E-state index contributed by atoms with van der Waals surface area (Å²) >= 11 is 0. The van der Waals surface area contributed by atoms with E-state index >= 15 is 0 Å². The molecule has 0 saturated carbocycles. The van der Waals surface area contributed by atoms with Crippen molar-refractivity contribution in [1.29, 1.82) is 0 Å². The van der Waals surface area contributed by atoms with Gasteiger partial charge in [0, 0.05) is 5.56 Å². The number of ether oxygens (including phenoxy) is 1. The van der Waals surface area contributed by atoms with Gasteiger partial charge in [0.25, 0.3) is 0 Å². The highest BCUT2D eigenvalue weighted by Crippen LogP contribution is 2.13.